The zero-order valence-electron chi connectivity index (χ0n) is 8.81. The Hall–Kier alpha value is -1.82. The van der Waals surface area contributed by atoms with Gasteiger partial charge < -0.3 is 9.52 Å². The molecular formula is C11H8FNO3S. The van der Waals surface area contributed by atoms with Crippen molar-refractivity contribution in [2.75, 3.05) is 6.26 Å². The van der Waals surface area contributed by atoms with Crippen molar-refractivity contribution in [3.05, 3.63) is 36.0 Å². The molecule has 2 rings (SSSR count). The summed E-state index contributed by atoms with van der Waals surface area (Å²) in [5.41, 5.74) is 0.410. The summed E-state index contributed by atoms with van der Waals surface area (Å²) in [6.07, 6.45) is 2.86. The van der Waals surface area contributed by atoms with Gasteiger partial charge in [-0.1, -0.05) is 0 Å². The van der Waals surface area contributed by atoms with Crippen molar-refractivity contribution in [1.29, 1.82) is 0 Å². The van der Waals surface area contributed by atoms with Crippen molar-refractivity contribution in [2.45, 2.75) is 4.90 Å². The largest absolute Gasteiger partial charge is 0.475 e. The summed E-state index contributed by atoms with van der Waals surface area (Å²) in [5, 5.41) is 8.67. The van der Waals surface area contributed by atoms with Gasteiger partial charge in [0.2, 0.25) is 11.7 Å². The molecule has 0 bridgehead atoms. The molecule has 0 aliphatic heterocycles. The van der Waals surface area contributed by atoms with E-state index in [4.69, 9.17) is 9.52 Å². The molecule has 1 aromatic heterocycles. The van der Waals surface area contributed by atoms with Gasteiger partial charge in [-0.25, -0.2) is 14.2 Å². The van der Waals surface area contributed by atoms with Gasteiger partial charge in [0.15, 0.2) is 0 Å². The Morgan fingerprint density at radius 1 is 1.53 bits per heavy atom. The van der Waals surface area contributed by atoms with E-state index in [9.17, 15) is 9.18 Å². The standard InChI is InChI=1S/C11H8FNO3S/c1-17-9-3-2-6(4-7(9)12)10-13-5-8(16-10)11(14)15/h2-5H,1H3,(H,14,15). The van der Waals surface area contributed by atoms with Gasteiger partial charge in [0.05, 0.1) is 6.20 Å². The van der Waals surface area contributed by atoms with Crippen LogP contribution in [0.3, 0.4) is 0 Å². The smallest absolute Gasteiger partial charge is 0.373 e. The van der Waals surface area contributed by atoms with Crippen molar-refractivity contribution >= 4 is 17.7 Å². The molecule has 0 spiro atoms. The normalized spacial score (nSPS) is 10.5. The molecule has 0 saturated carbocycles. The molecule has 2 aromatic rings. The summed E-state index contributed by atoms with van der Waals surface area (Å²) < 4.78 is 18.5. The number of carbonyl (C=O) groups is 1. The Kier molecular flexibility index (Phi) is 3.14. The Balaban J connectivity index is 2.39. The highest BCUT2D eigenvalue weighted by molar-refractivity contribution is 7.98. The van der Waals surface area contributed by atoms with E-state index >= 15 is 0 Å². The van der Waals surface area contributed by atoms with Crippen molar-refractivity contribution in [3.8, 4) is 11.5 Å². The summed E-state index contributed by atoms with van der Waals surface area (Å²) in [6.45, 7) is 0. The van der Waals surface area contributed by atoms with Crippen LogP contribution < -0.4 is 0 Å². The third-order valence-corrected chi connectivity index (χ3v) is 2.89. The van der Waals surface area contributed by atoms with Gasteiger partial charge in [-0.3, -0.25) is 0 Å². The van der Waals surface area contributed by atoms with Crippen LogP contribution in [0.2, 0.25) is 0 Å². The molecule has 0 saturated heterocycles. The first-order valence-electron chi connectivity index (χ1n) is 4.65. The molecule has 0 aliphatic rings. The number of thioether (sulfide) groups is 1. The summed E-state index contributed by atoms with van der Waals surface area (Å²) in [6, 6.07) is 4.50. The Morgan fingerprint density at radius 3 is 2.82 bits per heavy atom. The first-order chi connectivity index (χ1) is 8.11. The van der Waals surface area contributed by atoms with Gasteiger partial charge in [-0.2, -0.15) is 0 Å². The van der Waals surface area contributed by atoms with Crippen LogP contribution >= 0.6 is 11.8 Å². The minimum Gasteiger partial charge on any atom is -0.475 e. The average molecular weight is 253 g/mol. The maximum Gasteiger partial charge on any atom is 0.373 e. The van der Waals surface area contributed by atoms with Gasteiger partial charge in [0.1, 0.15) is 5.82 Å². The lowest BCUT2D eigenvalue weighted by molar-refractivity contribution is 0.0663. The van der Waals surface area contributed by atoms with Crippen LogP contribution in [0.5, 0.6) is 0 Å². The fourth-order valence-electron chi connectivity index (χ4n) is 1.31. The Labute approximate surface area is 100 Å². The quantitative estimate of drug-likeness (QED) is 0.852. The molecule has 1 N–H and O–H groups in total. The van der Waals surface area contributed by atoms with Gasteiger partial charge in [-0.05, 0) is 24.5 Å². The minimum absolute atomic E-state index is 0.0916. The van der Waals surface area contributed by atoms with Crippen molar-refractivity contribution in [1.82, 2.24) is 4.98 Å². The van der Waals surface area contributed by atoms with Crippen LogP contribution in [0.25, 0.3) is 11.5 Å². The number of hydrogen-bond acceptors (Lipinski definition) is 4. The molecule has 1 aromatic carbocycles. The van der Waals surface area contributed by atoms with E-state index in [2.05, 4.69) is 4.98 Å². The van der Waals surface area contributed by atoms with E-state index in [-0.39, 0.29) is 17.5 Å². The number of carboxylic acids is 1. The fourth-order valence-corrected chi connectivity index (χ4v) is 1.76. The van der Waals surface area contributed by atoms with Crippen LogP contribution in [-0.2, 0) is 0 Å². The van der Waals surface area contributed by atoms with Gasteiger partial charge >= 0.3 is 5.97 Å². The molecular weight excluding hydrogens is 245 g/mol. The molecule has 0 atom stereocenters. The van der Waals surface area contributed by atoms with Crippen LogP contribution in [0.1, 0.15) is 10.6 Å². The number of aromatic carboxylic acids is 1. The topological polar surface area (TPSA) is 63.3 Å². The molecule has 17 heavy (non-hydrogen) atoms. The molecule has 88 valence electrons. The van der Waals surface area contributed by atoms with E-state index < -0.39 is 5.97 Å². The summed E-state index contributed by atoms with van der Waals surface area (Å²) in [7, 11) is 0. The third kappa shape index (κ3) is 2.31. The van der Waals surface area contributed by atoms with Crippen LogP contribution in [-0.4, -0.2) is 22.3 Å². The summed E-state index contributed by atoms with van der Waals surface area (Å²) >= 11 is 1.29. The first kappa shape index (κ1) is 11.7. The molecule has 0 unspecified atom stereocenters. The fraction of sp³-hybridized carbons (Fsp3) is 0.0909. The molecule has 4 nitrogen and oxygen atoms in total. The number of halogens is 1. The zero-order valence-corrected chi connectivity index (χ0v) is 9.62. The predicted octanol–water partition coefficient (Wildman–Crippen LogP) is 2.90. The van der Waals surface area contributed by atoms with Crippen molar-refractivity contribution < 1.29 is 18.7 Å². The third-order valence-electron chi connectivity index (χ3n) is 2.12. The maximum absolute atomic E-state index is 13.5. The zero-order chi connectivity index (χ0) is 12.4. The first-order valence-corrected chi connectivity index (χ1v) is 5.87. The van der Waals surface area contributed by atoms with Crippen LogP contribution in [0.15, 0.2) is 33.7 Å². The van der Waals surface area contributed by atoms with Crippen molar-refractivity contribution in [2.24, 2.45) is 0 Å². The van der Waals surface area contributed by atoms with Crippen LogP contribution in [0.4, 0.5) is 4.39 Å². The molecule has 6 heteroatoms. The SMILES string of the molecule is CSc1ccc(-c2ncc(C(=O)O)o2)cc1F. The Morgan fingerprint density at radius 2 is 2.29 bits per heavy atom. The van der Waals surface area contributed by atoms with Gasteiger partial charge in [0, 0.05) is 10.5 Å². The number of hydrogen-bond donors (Lipinski definition) is 1. The van der Waals surface area contributed by atoms with Gasteiger partial charge in [-0.15, -0.1) is 11.8 Å². The van der Waals surface area contributed by atoms with E-state index in [0.717, 1.165) is 6.20 Å². The van der Waals surface area contributed by atoms with E-state index in [0.29, 0.717) is 10.5 Å². The van der Waals surface area contributed by atoms with E-state index in [1.807, 2.05) is 0 Å². The minimum atomic E-state index is -1.20. The lowest BCUT2D eigenvalue weighted by atomic mass is 10.2. The lowest BCUT2D eigenvalue weighted by Gasteiger charge is -2.00. The Bertz CT molecular complexity index is 568. The molecule has 0 aliphatic carbocycles. The number of nitrogens with zero attached hydrogens (tertiary/aromatic N) is 1. The van der Waals surface area contributed by atoms with Crippen molar-refractivity contribution in [3.63, 3.8) is 0 Å². The monoisotopic (exact) mass is 253 g/mol. The molecule has 1 heterocycles. The van der Waals surface area contributed by atoms with Crippen LogP contribution in [0, 0.1) is 5.82 Å². The number of rotatable bonds is 3. The van der Waals surface area contributed by atoms with Gasteiger partial charge in [0.25, 0.3) is 0 Å². The molecule has 0 amide bonds. The molecule has 0 radical (unpaired) electrons. The average Bonchev–Trinajstić information content (AvgIpc) is 2.78. The predicted molar refractivity (Wildman–Crippen MR) is 60.6 cm³/mol. The molecule has 0 fully saturated rings. The summed E-state index contributed by atoms with van der Waals surface area (Å²) in [4.78, 5) is 14.9. The highest BCUT2D eigenvalue weighted by atomic mass is 32.2. The number of benzene rings is 1. The van der Waals surface area contributed by atoms with E-state index in [1.54, 1.807) is 18.4 Å². The summed E-state index contributed by atoms with van der Waals surface area (Å²) in [5.74, 6) is -1.77. The second-order valence-electron chi connectivity index (χ2n) is 3.18. The number of oxazole rings is 1. The number of carboxylic acid groups (broad SMARTS) is 1. The van der Waals surface area contributed by atoms with E-state index in [1.165, 1.54) is 17.8 Å². The number of aromatic nitrogens is 1. The highest BCUT2D eigenvalue weighted by Crippen LogP contribution is 2.25. The lowest BCUT2D eigenvalue weighted by Crippen LogP contribution is -1.91. The maximum atomic E-state index is 13.5. The second kappa shape index (κ2) is 4.58. The highest BCUT2D eigenvalue weighted by Gasteiger charge is 2.13. The second-order valence-corrected chi connectivity index (χ2v) is 4.03.